The number of pyridine rings is 1. The number of halogens is 1. The first-order chi connectivity index (χ1) is 14.5. The molecule has 1 aromatic heterocycles. The number of methoxy groups -OCH3 is 1. The first-order valence-corrected chi connectivity index (χ1v) is 9.12. The highest BCUT2D eigenvalue weighted by atomic mass is 19.1. The van der Waals surface area contributed by atoms with E-state index >= 15 is 0 Å². The van der Waals surface area contributed by atoms with Gasteiger partial charge < -0.3 is 9.84 Å². The number of benzene rings is 2. The number of aliphatic hydroxyl groups is 1. The van der Waals surface area contributed by atoms with Gasteiger partial charge in [-0.15, -0.1) is 0 Å². The molecule has 1 saturated heterocycles. The maximum absolute atomic E-state index is 13.4. The van der Waals surface area contributed by atoms with Gasteiger partial charge in [0.2, 0.25) is 0 Å². The van der Waals surface area contributed by atoms with Crippen molar-refractivity contribution in [3.8, 4) is 5.75 Å². The van der Waals surface area contributed by atoms with E-state index in [0.717, 1.165) is 0 Å². The predicted octanol–water partition coefficient (Wildman–Crippen LogP) is 3.86. The van der Waals surface area contributed by atoms with E-state index in [0.29, 0.717) is 22.6 Å². The fraction of sp³-hybridized carbons (Fsp3) is 0.0870. The summed E-state index contributed by atoms with van der Waals surface area (Å²) in [5.41, 5.74) is 1.12. The summed E-state index contributed by atoms with van der Waals surface area (Å²) in [6.45, 7) is 0. The number of hydrogen-bond acceptors (Lipinski definition) is 5. The first-order valence-electron chi connectivity index (χ1n) is 9.12. The minimum Gasteiger partial charge on any atom is -0.507 e. The second kappa shape index (κ2) is 7.79. The molecule has 1 amide bonds. The number of rotatable bonds is 4. The molecule has 2 heterocycles. The highest BCUT2D eigenvalue weighted by Gasteiger charge is 2.47. The van der Waals surface area contributed by atoms with Crippen molar-refractivity contribution in [3.63, 3.8) is 0 Å². The number of carbonyl (C=O) groups excluding carboxylic acids is 2. The molecule has 6 nitrogen and oxygen atoms in total. The minimum atomic E-state index is -0.921. The van der Waals surface area contributed by atoms with E-state index in [4.69, 9.17) is 4.74 Å². The highest BCUT2D eigenvalue weighted by molar-refractivity contribution is 6.51. The molecule has 0 bridgehead atoms. The maximum Gasteiger partial charge on any atom is 0.300 e. The Kier molecular flexibility index (Phi) is 5.02. The summed E-state index contributed by atoms with van der Waals surface area (Å²) in [7, 11) is 1.49. The van der Waals surface area contributed by atoms with Crippen LogP contribution in [-0.2, 0) is 9.59 Å². The van der Waals surface area contributed by atoms with Crippen LogP contribution in [0.3, 0.4) is 0 Å². The molecule has 0 radical (unpaired) electrons. The zero-order valence-electron chi connectivity index (χ0n) is 15.9. The summed E-state index contributed by atoms with van der Waals surface area (Å²) < 4.78 is 18.6. The van der Waals surface area contributed by atoms with Gasteiger partial charge in [0.05, 0.1) is 18.7 Å². The molecular formula is C23H17FN2O4. The van der Waals surface area contributed by atoms with E-state index in [1.807, 2.05) is 0 Å². The number of anilines is 1. The second-order valence-corrected chi connectivity index (χ2v) is 6.66. The van der Waals surface area contributed by atoms with Crippen LogP contribution in [0.5, 0.6) is 5.75 Å². The standard InChI is InChI=1S/C23H17FN2O4/c1-30-18-6-2-4-14(12-18)21(27)19-20(15-5-3-11-25-13-15)26(23(29)22(19)28)17-9-7-16(24)8-10-17/h2-13,20,27H,1H3/b21-19-. The number of amides is 1. The molecule has 0 saturated carbocycles. The number of ketones is 1. The van der Waals surface area contributed by atoms with Gasteiger partial charge in [0, 0.05) is 23.6 Å². The molecule has 1 atom stereocenters. The predicted molar refractivity (Wildman–Crippen MR) is 108 cm³/mol. The average molecular weight is 404 g/mol. The number of ether oxygens (including phenoxy) is 1. The van der Waals surface area contributed by atoms with E-state index in [1.165, 1.54) is 42.5 Å². The van der Waals surface area contributed by atoms with Gasteiger partial charge in [-0.25, -0.2) is 4.39 Å². The normalized spacial score (nSPS) is 17.9. The van der Waals surface area contributed by atoms with Crippen molar-refractivity contribution in [2.24, 2.45) is 0 Å². The van der Waals surface area contributed by atoms with Gasteiger partial charge in [-0.3, -0.25) is 19.5 Å². The van der Waals surface area contributed by atoms with Gasteiger partial charge in [-0.2, -0.15) is 0 Å². The molecule has 1 unspecified atom stereocenters. The van der Waals surface area contributed by atoms with Crippen LogP contribution < -0.4 is 9.64 Å². The van der Waals surface area contributed by atoms with Crippen molar-refractivity contribution in [1.82, 2.24) is 4.98 Å². The summed E-state index contributed by atoms with van der Waals surface area (Å²) in [6, 6.07) is 14.2. The molecule has 1 N–H and O–H groups in total. The first kappa shape index (κ1) is 19.3. The SMILES string of the molecule is COc1cccc(/C(O)=C2/C(=O)C(=O)N(c3ccc(F)cc3)C2c2cccnc2)c1. The van der Waals surface area contributed by atoms with Crippen molar-refractivity contribution < 1.29 is 23.8 Å². The lowest BCUT2D eigenvalue weighted by Crippen LogP contribution is -2.29. The molecule has 0 aliphatic carbocycles. The monoisotopic (exact) mass is 404 g/mol. The topological polar surface area (TPSA) is 79.7 Å². The lowest BCUT2D eigenvalue weighted by molar-refractivity contribution is -0.132. The number of nitrogens with zero attached hydrogens (tertiary/aromatic N) is 2. The quantitative estimate of drug-likeness (QED) is 0.406. The van der Waals surface area contributed by atoms with Crippen LogP contribution in [0.15, 0.2) is 78.6 Å². The van der Waals surface area contributed by atoms with Crippen molar-refractivity contribution in [1.29, 1.82) is 0 Å². The number of hydrogen-bond donors (Lipinski definition) is 1. The summed E-state index contributed by atoms with van der Waals surface area (Å²) in [5, 5.41) is 11.0. The van der Waals surface area contributed by atoms with Crippen LogP contribution in [0.4, 0.5) is 10.1 Å². The van der Waals surface area contributed by atoms with Crippen LogP contribution >= 0.6 is 0 Å². The zero-order valence-corrected chi connectivity index (χ0v) is 15.9. The smallest absolute Gasteiger partial charge is 0.300 e. The fourth-order valence-electron chi connectivity index (χ4n) is 3.48. The Labute approximate surface area is 171 Å². The lowest BCUT2D eigenvalue weighted by Gasteiger charge is -2.25. The second-order valence-electron chi connectivity index (χ2n) is 6.66. The zero-order chi connectivity index (χ0) is 21.3. The fourth-order valence-corrected chi connectivity index (χ4v) is 3.48. The van der Waals surface area contributed by atoms with Crippen LogP contribution in [0.2, 0.25) is 0 Å². The van der Waals surface area contributed by atoms with Gasteiger partial charge in [0.15, 0.2) is 0 Å². The summed E-state index contributed by atoms with van der Waals surface area (Å²) in [6.07, 6.45) is 3.08. The third-order valence-corrected chi connectivity index (χ3v) is 4.89. The summed E-state index contributed by atoms with van der Waals surface area (Å²) >= 11 is 0. The Bertz CT molecular complexity index is 1140. The van der Waals surface area contributed by atoms with E-state index in [1.54, 1.807) is 42.6 Å². The third-order valence-electron chi connectivity index (χ3n) is 4.89. The van der Waals surface area contributed by atoms with Crippen LogP contribution in [0.1, 0.15) is 17.2 Å². The van der Waals surface area contributed by atoms with Crippen molar-refractivity contribution in [2.45, 2.75) is 6.04 Å². The Morgan fingerprint density at radius 3 is 2.53 bits per heavy atom. The molecule has 1 fully saturated rings. The molecule has 4 rings (SSSR count). The van der Waals surface area contributed by atoms with Crippen LogP contribution in [0.25, 0.3) is 5.76 Å². The molecule has 0 spiro atoms. The molecule has 30 heavy (non-hydrogen) atoms. The summed E-state index contributed by atoms with van der Waals surface area (Å²) in [5.74, 6) is -1.96. The van der Waals surface area contributed by atoms with Gasteiger partial charge >= 0.3 is 0 Å². The Morgan fingerprint density at radius 1 is 1.10 bits per heavy atom. The van der Waals surface area contributed by atoms with E-state index in [-0.39, 0.29) is 11.3 Å². The van der Waals surface area contributed by atoms with Gasteiger partial charge in [-0.05, 0) is 48.0 Å². The largest absolute Gasteiger partial charge is 0.507 e. The van der Waals surface area contributed by atoms with Gasteiger partial charge in [0.25, 0.3) is 11.7 Å². The number of aliphatic hydroxyl groups excluding tert-OH is 1. The Morgan fingerprint density at radius 2 is 1.87 bits per heavy atom. The van der Waals surface area contributed by atoms with E-state index in [2.05, 4.69) is 4.98 Å². The Balaban J connectivity index is 1.93. The third kappa shape index (κ3) is 3.30. The Hall–Kier alpha value is -4.00. The average Bonchev–Trinajstić information content (AvgIpc) is 3.05. The number of Topliss-reactive ketones (excluding diaryl/α,β-unsaturated/α-hetero) is 1. The molecule has 2 aromatic carbocycles. The van der Waals surface area contributed by atoms with Crippen LogP contribution in [-0.4, -0.2) is 28.9 Å². The van der Waals surface area contributed by atoms with E-state index < -0.39 is 23.5 Å². The van der Waals surface area contributed by atoms with Crippen LogP contribution in [0, 0.1) is 5.82 Å². The highest BCUT2D eigenvalue weighted by Crippen LogP contribution is 2.42. The van der Waals surface area contributed by atoms with Gasteiger partial charge in [-0.1, -0.05) is 18.2 Å². The maximum atomic E-state index is 13.4. The molecule has 150 valence electrons. The van der Waals surface area contributed by atoms with Gasteiger partial charge in [0.1, 0.15) is 17.3 Å². The molecule has 7 heteroatoms. The molecule has 1 aliphatic rings. The van der Waals surface area contributed by atoms with Crippen molar-refractivity contribution in [3.05, 3.63) is 95.6 Å². The number of aromatic nitrogens is 1. The van der Waals surface area contributed by atoms with Crippen molar-refractivity contribution >= 4 is 23.1 Å². The molecule has 1 aliphatic heterocycles. The lowest BCUT2D eigenvalue weighted by atomic mass is 9.96. The van der Waals surface area contributed by atoms with Crippen molar-refractivity contribution in [2.75, 3.05) is 12.0 Å². The molecular weight excluding hydrogens is 387 g/mol. The minimum absolute atomic E-state index is 0.0782. The van der Waals surface area contributed by atoms with E-state index in [9.17, 15) is 19.1 Å². The summed E-state index contributed by atoms with van der Waals surface area (Å²) in [4.78, 5) is 31.2. The number of carbonyl (C=O) groups is 2. The molecule has 3 aromatic rings.